The van der Waals surface area contributed by atoms with E-state index in [4.69, 9.17) is 4.74 Å². The molecule has 4 bridgehead atoms. The Bertz CT molecular complexity index is 1170. The first-order valence-corrected chi connectivity index (χ1v) is 12.4. The molecule has 0 aliphatic heterocycles. The number of urea groups is 1. The first kappa shape index (κ1) is 20.0. The maximum Gasteiger partial charge on any atom is 0.321 e. The van der Waals surface area contributed by atoms with E-state index in [0.717, 1.165) is 35.2 Å². The molecule has 4 aliphatic carbocycles. The largest absolute Gasteiger partial charge is 0.497 e. The molecule has 2 aromatic carbocycles. The molecule has 166 valence electrons. The molecule has 0 saturated heterocycles. The zero-order valence-electron chi connectivity index (χ0n) is 18.6. The van der Waals surface area contributed by atoms with Gasteiger partial charge in [-0.25, -0.2) is 9.78 Å². The molecule has 4 saturated carbocycles. The van der Waals surface area contributed by atoms with Crippen LogP contribution in [0.1, 0.15) is 49.7 Å². The molecule has 7 rings (SSSR count). The van der Waals surface area contributed by atoms with Crippen LogP contribution in [0.2, 0.25) is 0 Å². The number of methoxy groups -OCH3 is 1. The standard InChI is InChI=1S/C26H29N3O2S/c1-16-3-5-19(6-4-16)25-11-17-9-18(12-25)14-26(13-17,15-25)29-23(30)28-24-27-21-8-7-20(31-2)10-22(21)32-24/h3-8,10,17-18H,9,11-15H2,1-2H3,(H2,27,28,29,30)/t17-,18+,25?,26?. The van der Waals surface area contributed by atoms with Gasteiger partial charge in [0.2, 0.25) is 0 Å². The summed E-state index contributed by atoms with van der Waals surface area (Å²) in [6, 6.07) is 14.8. The highest BCUT2D eigenvalue weighted by molar-refractivity contribution is 7.22. The second-order valence-corrected chi connectivity index (χ2v) is 11.4. The van der Waals surface area contributed by atoms with Crippen molar-refractivity contribution < 1.29 is 9.53 Å². The van der Waals surface area contributed by atoms with Crippen molar-refractivity contribution in [3.63, 3.8) is 0 Å². The van der Waals surface area contributed by atoms with Gasteiger partial charge in [0.05, 0.1) is 17.3 Å². The molecule has 3 aromatic rings. The van der Waals surface area contributed by atoms with Gasteiger partial charge in [-0.1, -0.05) is 41.2 Å². The third-order valence-electron chi connectivity index (χ3n) is 7.92. The fraction of sp³-hybridized carbons (Fsp3) is 0.462. The SMILES string of the molecule is COc1ccc2nc(NC(=O)NC34C[C@H]5C[C@@H](C3)CC(c3ccc(C)cc3)(C5)C4)sc2c1. The van der Waals surface area contributed by atoms with Crippen molar-refractivity contribution >= 4 is 32.7 Å². The Hall–Kier alpha value is -2.60. The Kier molecular flexibility index (Phi) is 4.51. The highest BCUT2D eigenvalue weighted by Gasteiger charge is 2.58. The first-order valence-electron chi connectivity index (χ1n) is 11.6. The Morgan fingerprint density at radius 1 is 1.09 bits per heavy atom. The Morgan fingerprint density at radius 3 is 2.56 bits per heavy atom. The molecule has 32 heavy (non-hydrogen) atoms. The molecule has 1 aromatic heterocycles. The molecule has 0 radical (unpaired) electrons. The van der Waals surface area contributed by atoms with Gasteiger partial charge in [-0.15, -0.1) is 0 Å². The number of hydrogen-bond acceptors (Lipinski definition) is 4. The molecule has 4 aliphatic rings. The monoisotopic (exact) mass is 447 g/mol. The van der Waals surface area contributed by atoms with Crippen LogP contribution in [-0.4, -0.2) is 23.7 Å². The van der Waals surface area contributed by atoms with Gasteiger partial charge in [0.25, 0.3) is 0 Å². The fourth-order valence-electron chi connectivity index (χ4n) is 7.11. The number of anilines is 1. The summed E-state index contributed by atoms with van der Waals surface area (Å²) >= 11 is 1.48. The lowest BCUT2D eigenvalue weighted by atomic mass is 9.45. The van der Waals surface area contributed by atoms with Crippen LogP contribution in [0.15, 0.2) is 42.5 Å². The third-order valence-corrected chi connectivity index (χ3v) is 8.85. The smallest absolute Gasteiger partial charge is 0.321 e. The highest BCUT2D eigenvalue weighted by atomic mass is 32.1. The van der Waals surface area contributed by atoms with E-state index in [9.17, 15) is 4.79 Å². The summed E-state index contributed by atoms with van der Waals surface area (Å²) in [5.74, 6) is 2.20. The van der Waals surface area contributed by atoms with E-state index in [1.807, 2.05) is 18.2 Å². The summed E-state index contributed by atoms with van der Waals surface area (Å²) in [4.78, 5) is 17.7. The molecule has 2 amide bonds. The summed E-state index contributed by atoms with van der Waals surface area (Å²) in [5, 5.41) is 7.09. The van der Waals surface area contributed by atoms with Crippen LogP contribution in [-0.2, 0) is 5.41 Å². The minimum absolute atomic E-state index is 0.112. The number of carbonyl (C=O) groups is 1. The summed E-state index contributed by atoms with van der Waals surface area (Å²) < 4.78 is 6.31. The number of hydrogen-bond donors (Lipinski definition) is 2. The number of carbonyl (C=O) groups excluding carboxylic acids is 1. The minimum Gasteiger partial charge on any atom is -0.497 e. The van der Waals surface area contributed by atoms with Gasteiger partial charge in [0.1, 0.15) is 5.75 Å². The van der Waals surface area contributed by atoms with Gasteiger partial charge < -0.3 is 10.1 Å². The number of rotatable bonds is 4. The molecule has 0 spiro atoms. The van der Waals surface area contributed by atoms with E-state index in [-0.39, 0.29) is 17.0 Å². The fourth-order valence-corrected chi connectivity index (χ4v) is 8.00. The Balaban J connectivity index is 1.23. The number of benzene rings is 2. The van der Waals surface area contributed by atoms with E-state index >= 15 is 0 Å². The summed E-state index contributed by atoms with van der Waals surface area (Å²) in [6.07, 6.45) is 7.08. The van der Waals surface area contributed by atoms with Gasteiger partial charge in [-0.2, -0.15) is 0 Å². The Labute approximate surface area is 192 Å². The van der Waals surface area contributed by atoms with Gasteiger partial charge in [-0.05, 0) is 86.5 Å². The predicted molar refractivity (Wildman–Crippen MR) is 129 cm³/mol. The molecule has 5 nitrogen and oxygen atoms in total. The first-order chi connectivity index (χ1) is 15.4. The average molecular weight is 448 g/mol. The summed E-state index contributed by atoms with van der Waals surface area (Å²) in [7, 11) is 1.66. The number of nitrogens with one attached hydrogen (secondary N) is 2. The molecule has 4 atom stereocenters. The lowest BCUT2D eigenvalue weighted by Crippen LogP contribution is -2.64. The van der Waals surface area contributed by atoms with E-state index in [1.54, 1.807) is 7.11 Å². The van der Waals surface area contributed by atoms with Crippen molar-refractivity contribution in [2.45, 2.75) is 56.4 Å². The van der Waals surface area contributed by atoms with Crippen LogP contribution >= 0.6 is 11.3 Å². The molecule has 4 fully saturated rings. The third kappa shape index (κ3) is 3.36. The van der Waals surface area contributed by atoms with Crippen LogP contribution in [0.4, 0.5) is 9.93 Å². The second-order valence-electron chi connectivity index (χ2n) is 10.3. The van der Waals surface area contributed by atoms with Crippen LogP contribution in [0.3, 0.4) is 0 Å². The topological polar surface area (TPSA) is 63.2 Å². The van der Waals surface area contributed by atoms with Crippen molar-refractivity contribution in [1.82, 2.24) is 10.3 Å². The lowest BCUT2D eigenvalue weighted by Gasteiger charge is -2.62. The zero-order chi connectivity index (χ0) is 21.9. The van der Waals surface area contributed by atoms with E-state index in [1.165, 1.54) is 41.7 Å². The van der Waals surface area contributed by atoms with Gasteiger partial charge in [0.15, 0.2) is 5.13 Å². The van der Waals surface area contributed by atoms with Crippen molar-refractivity contribution in [2.75, 3.05) is 12.4 Å². The van der Waals surface area contributed by atoms with Crippen molar-refractivity contribution in [3.05, 3.63) is 53.6 Å². The molecular weight excluding hydrogens is 418 g/mol. The minimum atomic E-state index is -0.128. The van der Waals surface area contributed by atoms with Crippen LogP contribution < -0.4 is 15.4 Å². The molecule has 1 heterocycles. The Morgan fingerprint density at radius 2 is 1.84 bits per heavy atom. The maximum atomic E-state index is 13.1. The second kappa shape index (κ2) is 7.20. The van der Waals surface area contributed by atoms with E-state index in [2.05, 4.69) is 46.8 Å². The van der Waals surface area contributed by atoms with E-state index in [0.29, 0.717) is 17.0 Å². The summed E-state index contributed by atoms with van der Waals surface area (Å²) in [5.41, 5.74) is 3.73. The number of aromatic nitrogens is 1. The number of amides is 2. The quantitative estimate of drug-likeness (QED) is 0.514. The van der Waals surface area contributed by atoms with Crippen LogP contribution in [0.25, 0.3) is 10.2 Å². The zero-order valence-corrected chi connectivity index (χ0v) is 19.4. The van der Waals surface area contributed by atoms with Crippen molar-refractivity contribution in [1.29, 1.82) is 0 Å². The number of thiazole rings is 1. The highest BCUT2D eigenvalue weighted by Crippen LogP contribution is 2.62. The van der Waals surface area contributed by atoms with Crippen molar-refractivity contribution in [3.8, 4) is 5.75 Å². The predicted octanol–water partition coefficient (Wildman–Crippen LogP) is 6.03. The number of ether oxygens (including phenoxy) is 1. The number of fused-ring (bicyclic) bond motifs is 1. The molecule has 2 N–H and O–H groups in total. The molecule has 6 heteroatoms. The van der Waals surface area contributed by atoms with Crippen molar-refractivity contribution in [2.24, 2.45) is 11.8 Å². The normalized spacial score (nSPS) is 30.4. The van der Waals surface area contributed by atoms with Gasteiger partial charge >= 0.3 is 6.03 Å². The van der Waals surface area contributed by atoms with E-state index < -0.39 is 0 Å². The summed E-state index contributed by atoms with van der Waals surface area (Å²) in [6.45, 7) is 2.15. The molecule has 2 unspecified atom stereocenters. The van der Waals surface area contributed by atoms with Gasteiger partial charge in [-0.3, -0.25) is 5.32 Å². The average Bonchev–Trinajstić information content (AvgIpc) is 3.13. The number of aryl methyl sites for hydroxylation is 1. The van der Waals surface area contributed by atoms with Crippen LogP contribution in [0.5, 0.6) is 5.75 Å². The lowest BCUT2D eigenvalue weighted by molar-refractivity contribution is -0.0343. The van der Waals surface area contributed by atoms with Gasteiger partial charge in [0, 0.05) is 5.54 Å². The van der Waals surface area contributed by atoms with Crippen LogP contribution in [0, 0.1) is 18.8 Å². The molecular formula is C26H29N3O2S. The number of nitrogens with zero attached hydrogens (tertiary/aromatic N) is 1. The maximum absolute atomic E-state index is 13.1.